The second-order valence-electron chi connectivity index (χ2n) is 7.38. The molecule has 4 heteroatoms. The van der Waals surface area contributed by atoms with Gasteiger partial charge in [0, 0.05) is 29.0 Å². The van der Waals surface area contributed by atoms with E-state index in [4.69, 9.17) is 11.6 Å². The molecule has 1 heterocycles. The topological polar surface area (TPSA) is 24.7 Å². The summed E-state index contributed by atoms with van der Waals surface area (Å²) in [5.74, 6) is 0. The van der Waals surface area contributed by atoms with Gasteiger partial charge in [0.2, 0.25) is 0 Å². The summed E-state index contributed by atoms with van der Waals surface area (Å²) in [4.78, 5) is 1.49. The maximum absolute atomic E-state index is 10.9. The smallest absolute Gasteiger partial charge is 0.116 e. The zero-order valence-electron chi connectivity index (χ0n) is 15.7. The number of hydrogen-bond donors (Lipinski definition) is 2. The van der Waals surface area contributed by atoms with Crippen molar-refractivity contribution in [1.29, 1.82) is 0 Å². The average molecular weight is 414 g/mol. The van der Waals surface area contributed by atoms with Crippen LogP contribution in [-0.2, 0) is 13.0 Å². The third-order valence-corrected chi connectivity index (χ3v) is 5.84. The summed E-state index contributed by atoms with van der Waals surface area (Å²) in [6, 6.07) is 27.1. The van der Waals surface area contributed by atoms with Crippen molar-refractivity contribution in [3.05, 3.63) is 106 Å². The molecule has 4 rings (SSSR count). The van der Waals surface area contributed by atoms with Crippen LogP contribution >= 0.6 is 11.6 Å². The second kappa shape index (κ2) is 9.58. The predicted molar refractivity (Wildman–Crippen MR) is 110 cm³/mol. The minimum atomic E-state index is -0.461. The SMILES string of the molecule is O[C@@H](C[C@@H]1c2ccccc2CC[NH+]1Cc1cccc(Cl)c1)c1ccccc1.[Cl-]. The van der Waals surface area contributed by atoms with Crippen LogP contribution in [0.15, 0.2) is 78.9 Å². The zero-order chi connectivity index (χ0) is 18.6. The molecule has 0 saturated carbocycles. The standard InChI is InChI=1S/C24H24ClNO.ClH/c25-21-11-6-7-18(15-21)17-26-14-13-19-8-4-5-12-22(19)23(26)16-24(27)20-9-2-1-3-10-20;/h1-12,15,23-24,27H,13-14,16-17H2;1H/t23-,24+;/m1./s1. The van der Waals surface area contributed by atoms with Gasteiger partial charge in [-0.05, 0) is 23.3 Å². The third-order valence-electron chi connectivity index (χ3n) is 5.60. The molecule has 0 aliphatic carbocycles. The number of benzene rings is 3. The summed E-state index contributed by atoms with van der Waals surface area (Å²) in [6.45, 7) is 1.98. The number of aliphatic hydroxyl groups is 1. The Morgan fingerprint density at radius 2 is 1.71 bits per heavy atom. The van der Waals surface area contributed by atoms with Crippen LogP contribution in [0.1, 0.15) is 40.8 Å². The maximum Gasteiger partial charge on any atom is 0.116 e. The Morgan fingerprint density at radius 3 is 2.50 bits per heavy atom. The van der Waals surface area contributed by atoms with Crippen LogP contribution in [0.3, 0.4) is 0 Å². The van der Waals surface area contributed by atoms with Crippen molar-refractivity contribution >= 4 is 11.6 Å². The summed E-state index contributed by atoms with van der Waals surface area (Å²) in [6.07, 6.45) is 1.33. The molecule has 3 aromatic rings. The lowest BCUT2D eigenvalue weighted by atomic mass is 9.87. The number of nitrogens with one attached hydrogen (secondary N) is 1. The van der Waals surface area contributed by atoms with E-state index in [9.17, 15) is 5.11 Å². The monoisotopic (exact) mass is 413 g/mol. The Balaban J connectivity index is 0.00000225. The van der Waals surface area contributed by atoms with E-state index in [-0.39, 0.29) is 18.4 Å². The quantitative estimate of drug-likeness (QED) is 0.644. The van der Waals surface area contributed by atoms with E-state index < -0.39 is 6.10 Å². The van der Waals surface area contributed by atoms with Crippen molar-refractivity contribution in [2.45, 2.75) is 31.5 Å². The van der Waals surface area contributed by atoms with Gasteiger partial charge in [0.05, 0.1) is 12.6 Å². The first kappa shape index (κ1) is 20.9. The van der Waals surface area contributed by atoms with Crippen molar-refractivity contribution in [2.75, 3.05) is 6.54 Å². The van der Waals surface area contributed by atoms with Crippen LogP contribution in [0.25, 0.3) is 0 Å². The molecule has 0 aromatic heterocycles. The van der Waals surface area contributed by atoms with Gasteiger partial charge < -0.3 is 22.4 Å². The van der Waals surface area contributed by atoms with Crippen molar-refractivity contribution in [1.82, 2.24) is 0 Å². The summed E-state index contributed by atoms with van der Waals surface area (Å²) in [5.41, 5.74) is 5.02. The molecule has 3 atom stereocenters. The van der Waals surface area contributed by atoms with Gasteiger partial charge in [-0.25, -0.2) is 0 Å². The molecule has 2 N–H and O–H groups in total. The predicted octanol–water partition coefficient (Wildman–Crippen LogP) is 1.15. The van der Waals surface area contributed by atoms with Crippen LogP contribution in [0.2, 0.25) is 5.02 Å². The molecule has 28 heavy (non-hydrogen) atoms. The first-order valence-electron chi connectivity index (χ1n) is 9.60. The fourth-order valence-corrected chi connectivity index (χ4v) is 4.45. The number of rotatable bonds is 5. The Bertz CT molecular complexity index is 900. The van der Waals surface area contributed by atoms with E-state index >= 15 is 0 Å². The maximum atomic E-state index is 10.9. The van der Waals surface area contributed by atoms with E-state index in [0.29, 0.717) is 0 Å². The Morgan fingerprint density at radius 1 is 0.964 bits per heavy atom. The molecule has 0 amide bonds. The molecule has 1 aliphatic heterocycles. The molecular formula is C24H25Cl2NO. The van der Waals surface area contributed by atoms with E-state index in [2.05, 4.69) is 36.4 Å². The van der Waals surface area contributed by atoms with Gasteiger partial charge in [-0.1, -0.05) is 78.3 Å². The number of hydrogen-bond acceptors (Lipinski definition) is 1. The fraction of sp³-hybridized carbons (Fsp3) is 0.250. The fourth-order valence-electron chi connectivity index (χ4n) is 4.24. The summed E-state index contributed by atoms with van der Waals surface area (Å²) in [7, 11) is 0. The van der Waals surface area contributed by atoms with E-state index in [1.807, 2.05) is 42.5 Å². The number of halogens is 2. The van der Waals surface area contributed by atoms with Crippen molar-refractivity contribution in [2.24, 2.45) is 0 Å². The first-order chi connectivity index (χ1) is 13.2. The Hall–Kier alpha value is -1.84. The normalized spacial score (nSPS) is 19.4. The van der Waals surface area contributed by atoms with Crippen molar-refractivity contribution < 1.29 is 22.4 Å². The molecule has 0 bridgehead atoms. The first-order valence-corrected chi connectivity index (χ1v) is 9.98. The van der Waals surface area contributed by atoms with Gasteiger partial charge in [0.25, 0.3) is 0 Å². The largest absolute Gasteiger partial charge is 1.00 e. The molecule has 0 radical (unpaired) electrons. The molecule has 146 valence electrons. The van der Waals surface area contributed by atoms with Crippen molar-refractivity contribution in [3.8, 4) is 0 Å². The molecular weight excluding hydrogens is 389 g/mol. The number of aliphatic hydroxyl groups excluding tert-OH is 1. The van der Waals surface area contributed by atoms with Gasteiger partial charge in [-0.2, -0.15) is 0 Å². The third kappa shape index (κ3) is 4.76. The molecule has 0 saturated heterocycles. The van der Waals surface area contributed by atoms with Crippen LogP contribution in [0, 0.1) is 0 Å². The van der Waals surface area contributed by atoms with Gasteiger partial charge in [0.1, 0.15) is 12.6 Å². The summed E-state index contributed by atoms with van der Waals surface area (Å²) >= 11 is 6.20. The lowest BCUT2D eigenvalue weighted by molar-refractivity contribution is -0.948. The van der Waals surface area contributed by atoms with Crippen LogP contribution in [0.4, 0.5) is 0 Å². The second-order valence-corrected chi connectivity index (χ2v) is 7.81. The van der Waals surface area contributed by atoms with Crippen LogP contribution < -0.4 is 17.3 Å². The van der Waals surface area contributed by atoms with Crippen LogP contribution in [0.5, 0.6) is 0 Å². The highest BCUT2D eigenvalue weighted by Crippen LogP contribution is 2.29. The van der Waals surface area contributed by atoms with E-state index in [1.54, 1.807) is 0 Å². The average Bonchev–Trinajstić information content (AvgIpc) is 2.70. The molecule has 1 aliphatic rings. The summed E-state index contributed by atoms with van der Waals surface area (Å²) in [5, 5.41) is 11.7. The van der Waals surface area contributed by atoms with Gasteiger partial charge in [-0.15, -0.1) is 0 Å². The molecule has 0 spiro atoms. The highest BCUT2D eigenvalue weighted by molar-refractivity contribution is 6.30. The van der Waals surface area contributed by atoms with E-state index in [0.717, 1.165) is 36.5 Å². The Kier molecular flexibility index (Phi) is 7.14. The Labute approximate surface area is 178 Å². The van der Waals surface area contributed by atoms with Gasteiger partial charge >= 0.3 is 0 Å². The minimum Gasteiger partial charge on any atom is -1.00 e. The highest BCUT2D eigenvalue weighted by Gasteiger charge is 2.32. The van der Waals surface area contributed by atoms with Gasteiger partial charge in [0.15, 0.2) is 0 Å². The van der Waals surface area contributed by atoms with Crippen LogP contribution in [-0.4, -0.2) is 11.7 Å². The summed E-state index contributed by atoms with van der Waals surface area (Å²) < 4.78 is 0. The zero-order valence-corrected chi connectivity index (χ0v) is 17.2. The minimum absolute atomic E-state index is 0. The molecule has 2 nitrogen and oxygen atoms in total. The van der Waals surface area contributed by atoms with Gasteiger partial charge in [-0.3, -0.25) is 0 Å². The lowest BCUT2D eigenvalue weighted by Gasteiger charge is -2.35. The molecule has 0 fully saturated rings. The molecule has 3 aromatic carbocycles. The number of fused-ring (bicyclic) bond motifs is 1. The highest BCUT2D eigenvalue weighted by atomic mass is 35.5. The van der Waals surface area contributed by atoms with Crippen molar-refractivity contribution in [3.63, 3.8) is 0 Å². The number of quaternary nitrogens is 1. The lowest BCUT2D eigenvalue weighted by Crippen LogP contribution is -3.12. The van der Waals surface area contributed by atoms with E-state index in [1.165, 1.54) is 21.6 Å². The molecule has 1 unspecified atom stereocenters.